The molecule has 2 amide bonds. The predicted molar refractivity (Wildman–Crippen MR) is 129 cm³/mol. The van der Waals surface area contributed by atoms with Gasteiger partial charge in [0.25, 0.3) is 5.91 Å². The molecule has 0 spiro atoms. The van der Waals surface area contributed by atoms with E-state index in [1.807, 2.05) is 71.8 Å². The molecule has 0 bridgehead atoms. The number of likely N-dealkylation sites (tertiary alicyclic amines) is 1. The highest BCUT2D eigenvalue weighted by atomic mass is 32.1. The molecule has 3 heterocycles. The van der Waals surface area contributed by atoms with E-state index in [9.17, 15) is 9.59 Å². The maximum absolute atomic E-state index is 13.3. The van der Waals surface area contributed by atoms with Crippen molar-refractivity contribution in [2.75, 3.05) is 13.1 Å². The monoisotopic (exact) mass is 459 g/mol. The zero-order valence-electron chi connectivity index (χ0n) is 18.4. The van der Waals surface area contributed by atoms with Gasteiger partial charge in [-0.3, -0.25) is 9.59 Å². The molecule has 1 aliphatic heterocycles. The largest absolute Gasteiger partial charge is 0.458 e. The molecule has 1 unspecified atom stereocenters. The minimum atomic E-state index is -0.228. The fraction of sp³-hybridized carbons (Fsp3) is 0.269. The Morgan fingerprint density at radius 2 is 2.00 bits per heavy atom. The van der Waals surface area contributed by atoms with Crippen LogP contribution in [0.2, 0.25) is 0 Å². The van der Waals surface area contributed by atoms with Crippen LogP contribution in [-0.4, -0.2) is 34.8 Å². The smallest absolute Gasteiger partial charge is 0.254 e. The van der Waals surface area contributed by atoms with E-state index in [-0.39, 0.29) is 17.7 Å². The van der Waals surface area contributed by atoms with Gasteiger partial charge in [-0.2, -0.15) is 0 Å². The molecule has 1 atom stereocenters. The fourth-order valence-corrected chi connectivity index (χ4v) is 4.97. The van der Waals surface area contributed by atoms with Crippen molar-refractivity contribution in [1.82, 2.24) is 15.2 Å². The van der Waals surface area contributed by atoms with E-state index in [0.717, 1.165) is 34.3 Å². The number of aromatic nitrogens is 1. The summed E-state index contributed by atoms with van der Waals surface area (Å²) in [6, 6.07) is 17.4. The van der Waals surface area contributed by atoms with Gasteiger partial charge in [-0.15, -0.1) is 11.3 Å². The van der Waals surface area contributed by atoms with Crippen LogP contribution < -0.4 is 5.32 Å². The summed E-state index contributed by atoms with van der Waals surface area (Å²) in [6.07, 6.45) is 1.58. The van der Waals surface area contributed by atoms with E-state index in [0.29, 0.717) is 36.7 Å². The van der Waals surface area contributed by atoms with E-state index >= 15 is 0 Å². The molecule has 4 aromatic rings. The molecule has 6 nitrogen and oxygen atoms in total. The van der Waals surface area contributed by atoms with E-state index in [2.05, 4.69) is 10.3 Å². The molecule has 2 aromatic carbocycles. The number of benzene rings is 2. The molecule has 1 N–H and O–H groups in total. The Balaban J connectivity index is 1.22. The molecule has 0 saturated carbocycles. The van der Waals surface area contributed by atoms with Crippen molar-refractivity contribution in [3.63, 3.8) is 0 Å². The average Bonchev–Trinajstić information content (AvgIpc) is 3.50. The third kappa shape index (κ3) is 4.54. The number of amides is 2. The van der Waals surface area contributed by atoms with Crippen LogP contribution in [0.15, 0.2) is 64.4 Å². The standard InChI is InChI=1S/C26H25N3O3S/c1-17-28-23(16-33-17)24-12-11-20(32-24)14-27-25(30)19-8-5-13-29(15-19)26(31)22-10-4-7-18-6-2-3-9-21(18)22/h2-4,6-7,9-12,16,19H,5,8,13-15H2,1H3,(H,27,30). The van der Waals surface area contributed by atoms with Crippen LogP contribution in [-0.2, 0) is 11.3 Å². The SMILES string of the molecule is Cc1nc(-c2ccc(CNC(=O)C3CCCN(C(=O)c4cccc5ccccc45)C3)o2)cs1. The molecule has 1 aliphatic rings. The minimum Gasteiger partial charge on any atom is -0.458 e. The second-order valence-electron chi connectivity index (χ2n) is 8.35. The lowest BCUT2D eigenvalue weighted by molar-refractivity contribution is -0.126. The van der Waals surface area contributed by atoms with Gasteiger partial charge in [0.05, 0.1) is 17.5 Å². The summed E-state index contributed by atoms with van der Waals surface area (Å²) in [7, 11) is 0. The van der Waals surface area contributed by atoms with Gasteiger partial charge in [0.2, 0.25) is 5.91 Å². The van der Waals surface area contributed by atoms with Gasteiger partial charge in [-0.1, -0.05) is 36.4 Å². The van der Waals surface area contributed by atoms with Crippen LogP contribution in [0.3, 0.4) is 0 Å². The first-order valence-corrected chi connectivity index (χ1v) is 12.0. The quantitative estimate of drug-likeness (QED) is 0.454. The lowest BCUT2D eigenvalue weighted by Gasteiger charge is -2.32. The number of thiazole rings is 1. The van der Waals surface area contributed by atoms with Crippen molar-refractivity contribution in [3.05, 3.63) is 76.3 Å². The molecule has 5 rings (SSSR count). The van der Waals surface area contributed by atoms with E-state index in [1.54, 1.807) is 11.3 Å². The summed E-state index contributed by atoms with van der Waals surface area (Å²) >= 11 is 1.57. The van der Waals surface area contributed by atoms with E-state index < -0.39 is 0 Å². The number of furan rings is 1. The summed E-state index contributed by atoms with van der Waals surface area (Å²) in [4.78, 5) is 32.4. The Hall–Kier alpha value is -3.45. The van der Waals surface area contributed by atoms with Gasteiger partial charge < -0.3 is 14.6 Å². The topological polar surface area (TPSA) is 75.4 Å². The predicted octanol–water partition coefficient (Wildman–Crippen LogP) is 5.03. The van der Waals surface area contributed by atoms with Crippen LogP contribution >= 0.6 is 11.3 Å². The summed E-state index contributed by atoms with van der Waals surface area (Å²) < 4.78 is 5.84. The molecular formula is C26H25N3O3S. The second kappa shape index (κ2) is 9.19. The van der Waals surface area contributed by atoms with Gasteiger partial charge in [0.1, 0.15) is 11.5 Å². The highest BCUT2D eigenvalue weighted by Gasteiger charge is 2.29. The van der Waals surface area contributed by atoms with Crippen LogP contribution in [0.5, 0.6) is 0 Å². The van der Waals surface area contributed by atoms with Crippen LogP contribution in [0.1, 0.15) is 34.0 Å². The summed E-state index contributed by atoms with van der Waals surface area (Å²) in [5.41, 5.74) is 1.50. The lowest BCUT2D eigenvalue weighted by atomic mass is 9.95. The summed E-state index contributed by atoms with van der Waals surface area (Å²) in [5.74, 6) is 1.09. The van der Waals surface area contributed by atoms with Gasteiger partial charge in [0, 0.05) is 24.0 Å². The van der Waals surface area contributed by atoms with Crippen molar-refractivity contribution in [1.29, 1.82) is 0 Å². The second-order valence-corrected chi connectivity index (χ2v) is 9.41. The third-order valence-electron chi connectivity index (χ3n) is 6.07. The summed E-state index contributed by atoms with van der Waals surface area (Å²) in [5, 5.41) is 7.91. The highest BCUT2D eigenvalue weighted by Crippen LogP contribution is 2.25. The van der Waals surface area contributed by atoms with E-state index in [1.165, 1.54) is 0 Å². The number of fused-ring (bicyclic) bond motifs is 1. The molecule has 168 valence electrons. The van der Waals surface area contributed by atoms with Gasteiger partial charge >= 0.3 is 0 Å². The van der Waals surface area contributed by atoms with Crippen molar-refractivity contribution in [2.24, 2.45) is 5.92 Å². The number of hydrogen-bond acceptors (Lipinski definition) is 5. The van der Waals surface area contributed by atoms with Crippen molar-refractivity contribution >= 4 is 33.9 Å². The van der Waals surface area contributed by atoms with Crippen molar-refractivity contribution < 1.29 is 14.0 Å². The first-order valence-electron chi connectivity index (χ1n) is 11.1. The zero-order chi connectivity index (χ0) is 22.8. The van der Waals surface area contributed by atoms with Gasteiger partial charge in [-0.05, 0) is 48.7 Å². The number of nitrogens with zero attached hydrogens (tertiary/aromatic N) is 2. The highest BCUT2D eigenvalue weighted by molar-refractivity contribution is 7.09. The third-order valence-corrected chi connectivity index (χ3v) is 6.84. The number of aryl methyl sites for hydroxylation is 1. The number of hydrogen-bond donors (Lipinski definition) is 1. The Morgan fingerprint density at radius 1 is 1.15 bits per heavy atom. The molecule has 33 heavy (non-hydrogen) atoms. The summed E-state index contributed by atoms with van der Waals surface area (Å²) in [6.45, 7) is 3.36. The lowest BCUT2D eigenvalue weighted by Crippen LogP contribution is -2.45. The van der Waals surface area contributed by atoms with Crippen LogP contribution in [0, 0.1) is 12.8 Å². The van der Waals surface area contributed by atoms with Crippen LogP contribution in [0.25, 0.3) is 22.2 Å². The first kappa shape index (κ1) is 21.4. The Bertz CT molecular complexity index is 1300. The van der Waals surface area contributed by atoms with Gasteiger partial charge in [0.15, 0.2) is 5.76 Å². The maximum Gasteiger partial charge on any atom is 0.254 e. The van der Waals surface area contributed by atoms with Gasteiger partial charge in [-0.25, -0.2) is 4.98 Å². The van der Waals surface area contributed by atoms with Crippen molar-refractivity contribution in [3.8, 4) is 11.5 Å². The van der Waals surface area contributed by atoms with E-state index in [4.69, 9.17) is 4.42 Å². The first-order chi connectivity index (χ1) is 16.1. The molecule has 2 aromatic heterocycles. The Labute approximate surface area is 196 Å². The molecule has 7 heteroatoms. The molecule has 1 fully saturated rings. The van der Waals surface area contributed by atoms with Crippen LogP contribution in [0.4, 0.5) is 0 Å². The zero-order valence-corrected chi connectivity index (χ0v) is 19.2. The Kier molecular flexibility index (Phi) is 5.96. The minimum absolute atomic E-state index is 0.0152. The molecule has 1 saturated heterocycles. The number of carbonyl (C=O) groups excluding carboxylic acids is 2. The van der Waals surface area contributed by atoms with Crippen molar-refractivity contribution in [2.45, 2.75) is 26.3 Å². The fourth-order valence-electron chi connectivity index (χ4n) is 4.36. The Morgan fingerprint density at radius 3 is 2.85 bits per heavy atom. The number of nitrogens with one attached hydrogen (secondary N) is 1. The number of piperidine rings is 1. The average molecular weight is 460 g/mol. The molecular weight excluding hydrogens is 434 g/mol. The molecule has 0 radical (unpaired) electrons. The normalized spacial score (nSPS) is 16.2. The molecule has 0 aliphatic carbocycles. The number of rotatable bonds is 5. The number of carbonyl (C=O) groups is 2. The maximum atomic E-state index is 13.3.